The van der Waals surface area contributed by atoms with Crippen LogP contribution in [0, 0.1) is 5.92 Å². The zero-order valence-corrected chi connectivity index (χ0v) is 11.0. The lowest BCUT2D eigenvalue weighted by molar-refractivity contribution is -0.919. The smallest absolute Gasteiger partial charge is 0.225 e. The van der Waals surface area contributed by atoms with E-state index in [-0.39, 0.29) is 11.5 Å². The van der Waals surface area contributed by atoms with Gasteiger partial charge in [0.2, 0.25) is 5.91 Å². The Bertz CT molecular complexity index is 255. The monoisotopic (exact) mass is 213 g/mol. The highest BCUT2D eigenvalue weighted by Crippen LogP contribution is 2.30. The van der Waals surface area contributed by atoms with E-state index in [1.807, 2.05) is 18.7 Å². The van der Waals surface area contributed by atoms with Crippen LogP contribution in [0.25, 0.3) is 0 Å². The van der Waals surface area contributed by atoms with Crippen LogP contribution >= 0.6 is 0 Å². The summed E-state index contributed by atoms with van der Waals surface area (Å²) < 4.78 is 0.925. The molecule has 0 aliphatic carbocycles. The van der Waals surface area contributed by atoms with Gasteiger partial charge >= 0.3 is 0 Å². The molecular formula is C12H25N2O+. The first-order chi connectivity index (χ1) is 6.67. The van der Waals surface area contributed by atoms with Crippen molar-refractivity contribution in [3.8, 4) is 0 Å². The van der Waals surface area contributed by atoms with Crippen LogP contribution in [0.1, 0.15) is 27.2 Å². The number of quaternary nitrogens is 1. The maximum atomic E-state index is 11.9. The predicted molar refractivity (Wildman–Crippen MR) is 62.5 cm³/mol. The molecule has 1 aliphatic heterocycles. The van der Waals surface area contributed by atoms with Crippen LogP contribution in [0.4, 0.5) is 0 Å². The maximum Gasteiger partial charge on any atom is 0.225 e. The molecule has 0 spiro atoms. The first-order valence-electron chi connectivity index (χ1n) is 5.78. The molecule has 1 unspecified atom stereocenters. The van der Waals surface area contributed by atoms with Gasteiger partial charge < -0.3 is 9.38 Å². The summed E-state index contributed by atoms with van der Waals surface area (Å²) >= 11 is 0. The standard InChI is InChI=1S/C12H25N2O/c1-10(2)11(15)13-8-7-12(3,9-13)14(4,5)6/h10H,7-9H2,1-6H3/q+1. The fraction of sp³-hybridized carbons (Fsp3) is 0.917. The van der Waals surface area contributed by atoms with Crippen LogP contribution in [0.3, 0.4) is 0 Å². The normalized spacial score (nSPS) is 27.5. The van der Waals surface area contributed by atoms with Gasteiger partial charge in [-0.05, 0) is 6.92 Å². The number of nitrogens with zero attached hydrogens (tertiary/aromatic N) is 2. The molecular weight excluding hydrogens is 188 g/mol. The van der Waals surface area contributed by atoms with E-state index < -0.39 is 0 Å². The van der Waals surface area contributed by atoms with Gasteiger partial charge in [0.15, 0.2) is 0 Å². The van der Waals surface area contributed by atoms with Crippen molar-refractivity contribution in [2.45, 2.75) is 32.7 Å². The number of amides is 1. The van der Waals surface area contributed by atoms with Crippen molar-refractivity contribution in [3.63, 3.8) is 0 Å². The lowest BCUT2D eigenvalue weighted by atomic mass is 9.98. The molecule has 0 aromatic carbocycles. The van der Waals surface area contributed by atoms with Gasteiger partial charge in [-0.2, -0.15) is 0 Å². The summed E-state index contributed by atoms with van der Waals surface area (Å²) in [7, 11) is 6.63. The van der Waals surface area contributed by atoms with Crippen molar-refractivity contribution in [2.24, 2.45) is 5.92 Å². The molecule has 3 nitrogen and oxygen atoms in total. The maximum absolute atomic E-state index is 11.9. The molecule has 0 N–H and O–H groups in total. The van der Waals surface area contributed by atoms with Gasteiger partial charge in [0.1, 0.15) is 5.54 Å². The van der Waals surface area contributed by atoms with E-state index in [9.17, 15) is 4.79 Å². The summed E-state index contributed by atoms with van der Waals surface area (Å²) in [5.41, 5.74) is 0.213. The first kappa shape index (κ1) is 12.5. The average Bonchev–Trinajstić information content (AvgIpc) is 2.46. The van der Waals surface area contributed by atoms with E-state index in [0.29, 0.717) is 5.91 Å². The van der Waals surface area contributed by atoms with E-state index in [4.69, 9.17) is 0 Å². The van der Waals surface area contributed by atoms with E-state index in [2.05, 4.69) is 28.1 Å². The van der Waals surface area contributed by atoms with Crippen molar-refractivity contribution >= 4 is 5.91 Å². The summed E-state index contributed by atoms with van der Waals surface area (Å²) in [4.78, 5) is 13.9. The summed E-state index contributed by atoms with van der Waals surface area (Å²) in [5, 5.41) is 0. The SMILES string of the molecule is CC(C)C(=O)N1CCC(C)([N+](C)(C)C)C1. The molecule has 1 saturated heterocycles. The molecule has 0 aromatic rings. The Morgan fingerprint density at radius 1 is 1.33 bits per heavy atom. The third kappa shape index (κ3) is 2.33. The van der Waals surface area contributed by atoms with Crippen molar-refractivity contribution in [1.82, 2.24) is 4.90 Å². The Balaban J connectivity index is 2.71. The molecule has 1 fully saturated rings. The molecule has 1 amide bonds. The predicted octanol–water partition coefficient (Wildman–Crippen LogP) is 1.34. The number of rotatable bonds is 2. The van der Waals surface area contributed by atoms with Gasteiger partial charge in [-0.1, -0.05) is 13.8 Å². The zero-order valence-electron chi connectivity index (χ0n) is 11.0. The zero-order chi connectivity index (χ0) is 11.9. The Kier molecular flexibility index (Phi) is 3.15. The fourth-order valence-electron chi connectivity index (χ4n) is 2.05. The molecule has 1 rings (SSSR count). The molecule has 0 aromatic heterocycles. The second kappa shape index (κ2) is 3.78. The van der Waals surface area contributed by atoms with Gasteiger partial charge in [-0.15, -0.1) is 0 Å². The molecule has 0 bridgehead atoms. The number of hydrogen-bond donors (Lipinski definition) is 0. The van der Waals surface area contributed by atoms with Crippen molar-refractivity contribution < 1.29 is 9.28 Å². The minimum absolute atomic E-state index is 0.125. The van der Waals surface area contributed by atoms with E-state index in [1.54, 1.807) is 0 Å². The van der Waals surface area contributed by atoms with Crippen molar-refractivity contribution in [3.05, 3.63) is 0 Å². The van der Waals surface area contributed by atoms with Crippen LogP contribution in [0.15, 0.2) is 0 Å². The highest BCUT2D eigenvalue weighted by atomic mass is 16.2. The third-order valence-electron chi connectivity index (χ3n) is 3.88. The summed E-state index contributed by atoms with van der Waals surface area (Å²) in [6.45, 7) is 8.05. The molecule has 1 heterocycles. The van der Waals surface area contributed by atoms with E-state index in [0.717, 1.165) is 24.0 Å². The number of carbonyl (C=O) groups is 1. The van der Waals surface area contributed by atoms with Crippen LogP contribution < -0.4 is 0 Å². The van der Waals surface area contributed by atoms with Crippen LogP contribution in [-0.4, -0.2) is 55.1 Å². The lowest BCUT2D eigenvalue weighted by Crippen LogP contribution is -2.56. The van der Waals surface area contributed by atoms with Crippen LogP contribution in [0.5, 0.6) is 0 Å². The minimum Gasteiger partial charge on any atom is -0.336 e. The Hall–Kier alpha value is -0.570. The van der Waals surface area contributed by atoms with E-state index in [1.165, 1.54) is 0 Å². The largest absolute Gasteiger partial charge is 0.336 e. The second-order valence-corrected chi connectivity index (χ2v) is 6.17. The topological polar surface area (TPSA) is 20.3 Å². The number of likely N-dealkylation sites (tertiary alicyclic amines) is 1. The molecule has 1 aliphatic rings. The Labute approximate surface area is 93.6 Å². The summed E-state index contributed by atoms with van der Waals surface area (Å²) in [5.74, 6) is 0.423. The average molecular weight is 213 g/mol. The second-order valence-electron chi connectivity index (χ2n) is 6.17. The lowest BCUT2D eigenvalue weighted by Gasteiger charge is -2.41. The molecule has 1 atom stereocenters. The van der Waals surface area contributed by atoms with Crippen LogP contribution in [-0.2, 0) is 4.79 Å². The molecule has 15 heavy (non-hydrogen) atoms. The quantitative estimate of drug-likeness (QED) is 0.634. The minimum atomic E-state index is 0.125. The van der Waals surface area contributed by atoms with Gasteiger partial charge in [0.05, 0.1) is 27.7 Å². The third-order valence-corrected chi connectivity index (χ3v) is 3.88. The highest BCUT2D eigenvalue weighted by Gasteiger charge is 2.45. The van der Waals surface area contributed by atoms with Crippen molar-refractivity contribution in [1.29, 1.82) is 0 Å². The van der Waals surface area contributed by atoms with Gasteiger partial charge in [-0.3, -0.25) is 4.79 Å². The van der Waals surface area contributed by atoms with Gasteiger partial charge in [0, 0.05) is 18.9 Å². The summed E-state index contributed by atoms with van der Waals surface area (Å²) in [6, 6.07) is 0. The summed E-state index contributed by atoms with van der Waals surface area (Å²) in [6.07, 6.45) is 1.11. The molecule has 0 saturated carbocycles. The number of carbonyl (C=O) groups excluding carboxylic acids is 1. The van der Waals surface area contributed by atoms with E-state index >= 15 is 0 Å². The first-order valence-corrected chi connectivity index (χ1v) is 5.78. The molecule has 3 heteroatoms. The van der Waals surface area contributed by atoms with Gasteiger partial charge in [-0.25, -0.2) is 0 Å². The number of likely N-dealkylation sites (N-methyl/N-ethyl adjacent to an activating group) is 1. The Morgan fingerprint density at radius 2 is 1.87 bits per heavy atom. The molecule has 0 radical (unpaired) electrons. The highest BCUT2D eigenvalue weighted by molar-refractivity contribution is 5.78. The van der Waals surface area contributed by atoms with Crippen molar-refractivity contribution in [2.75, 3.05) is 34.2 Å². The Morgan fingerprint density at radius 3 is 2.20 bits per heavy atom. The fourth-order valence-corrected chi connectivity index (χ4v) is 2.05. The van der Waals surface area contributed by atoms with Gasteiger partial charge in [0.25, 0.3) is 0 Å². The van der Waals surface area contributed by atoms with Crippen LogP contribution in [0.2, 0.25) is 0 Å². The number of hydrogen-bond acceptors (Lipinski definition) is 1. The molecule has 88 valence electrons.